The predicted molar refractivity (Wildman–Crippen MR) is 68.9 cm³/mol. The molecule has 0 unspecified atom stereocenters. The first-order valence-electron chi connectivity index (χ1n) is 5.86. The Hall–Kier alpha value is -2.56. The number of Topliss-reactive ketones (excluding diaryl/α,β-unsaturated/α-hetero) is 1. The van der Waals surface area contributed by atoms with E-state index in [9.17, 15) is 9.59 Å². The molecule has 3 rings (SSSR count). The van der Waals surface area contributed by atoms with Gasteiger partial charge in [0.1, 0.15) is 11.4 Å². The number of nitrogens with one attached hydrogen (secondary N) is 1. The van der Waals surface area contributed by atoms with Gasteiger partial charge in [0, 0.05) is 34.9 Å². The lowest BCUT2D eigenvalue weighted by molar-refractivity contribution is 0.0994. The van der Waals surface area contributed by atoms with Gasteiger partial charge in [-0.25, -0.2) is 9.97 Å². The van der Waals surface area contributed by atoms with Gasteiger partial charge in [0.15, 0.2) is 0 Å². The number of ketones is 2. The van der Waals surface area contributed by atoms with E-state index in [1.807, 2.05) is 19.9 Å². The normalized spacial score (nSPS) is 14.3. The quantitative estimate of drug-likeness (QED) is 0.842. The number of aryl methyl sites for hydroxylation is 2. The van der Waals surface area contributed by atoms with Crippen molar-refractivity contribution in [2.45, 2.75) is 13.8 Å². The highest BCUT2D eigenvalue weighted by Crippen LogP contribution is 2.28. The predicted octanol–water partition coefficient (Wildman–Crippen LogP) is 1.88. The molecular formula is C14H11N3O2. The molecule has 0 saturated heterocycles. The molecule has 0 spiro atoms. The van der Waals surface area contributed by atoms with E-state index < -0.39 is 0 Å². The van der Waals surface area contributed by atoms with Crippen LogP contribution in [0.4, 0.5) is 0 Å². The minimum absolute atomic E-state index is 0.126. The van der Waals surface area contributed by atoms with E-state index in [2.05, 4.69) is 15.0 Å². The van der Waals surface area contributed by atoms with Gasteiger partial charge in [0.2, 0.25) is 11.6 Å². The van der Waals surface area contributed by atoms with Crippen molar-refractivity contribution in [3.05, 3.63) is 52.9 Å². The number of aromatic nitrogens is 3. The van der Waals surface area contributed by atoms with Crippen molar-refractivity contribution in [3.8, 4) is 0 Å². The molecule has 1 N–H and O–H groups in total. The van der Waals surface area contributed by atoms with Gasteiger partial charge in [0.05, 0.1) is 0 Å². The van der Waals surface area contributed by atoms with E-state index in [-0.39, 0.29) is 23.0 Å². The van der Waals surface area contributed by atoms with Crippen molar-refractivity contribution in [2.75, 3.05) is 0 Å². The molecule has 2 aromatic rings. The first-order valence-corrected chi connectivity index (χ1v) is 5.86. The molecule has 0 radical (unpaired) electrons. The highest BCUT2D eigenvalue weighted by Gasteiger charge is 2.29. The number of carbonyl (C=O) groups is 2. The lowest BCUT2D eigenvalue weighted by Gasteiger charge is -2.12. The summed E-state index contributed by atoms with van der Waals surface area (Å²) in [5, 5.41) is 0. The molecule has 1 aliphatic carbocycles. The van der Waals surface area contributed by atoms with Crippen molar-refractivity contribution in [3.63, 3.8) is 0 Å². The second-order valence-corrected chi connectivity index (χ2v) is 4.50. The molecule has 0 fully saturated rings. The summed E-state index contributed by atoms with van der Waals surface area (Å²) >= 11 is 0. The second-order valence-electron chi connectivity index (χ2n) is 4.50. The molecule has 2 heterocycles. The lowest BCUT2D eigenvalue weighted by Crippen LogP contribution is -2.19. The van der Waals surface area contributed by atoms with Gasteiger partial charge in [-0.3, -0.25) is 9.59 Å². The van der Waals surface area contributed by atoms with Gasteiger partial charge in [-0.05, 0) is 26.0 Å². The third-order valence-electron chi connectivity index (χ3n) is 3.11. The summed E-state index contributed by atoms with van der Waals surface area (Å²) in [6.07, 6.45) is 4.17. The van der Waals surface area contributed by atoms with Crippen LogP contribution in [0.25, 0.3) is 5.57 Å². The van der Waals surface area contributed by atoms with Crippen LogP contribution in [0.1, 0.15) is 37.9 Å². The molecule has 94 valence electrons. The smallest absolute Gasteiger partial charge is 0.214 e. The summed E-state index contributed by atoms with van der Waals surface area (Å²) in [5.74, 6) is -0.541. The Bertz CT molecular complexity index is 741. The summed E-state index contributed by atoms with van der Waals surface area (Å²) in [6.45, 7) is 3.77. The number of rotatable bonds is 1. The van der Waals surface area contributed by atoms with Crippen molar-refractivity contribution in [1.82, 2.24) is 15.0 Å². The zero-order valence-electron chi connectivity index (χ0n) is 10.5. The van der Waals surface area contributed by atoms with Crippen LogP contribution in [0.15, 0.2) is 24.5 Å². The Kier molecular flexibility index (Phi) is 2.41. The SMILES string of the molecule is Cc1cc(C2=CC(=O)c3nccnc3C2=O)c(C)[nH]1. The zero-order chi connectivity index (χ0) is 13.6. The van der Waals surface area contributed by atoms with Crippen LogP contribution in [-0.4, -0.2) is 26.5 Å². The first kappa shape index (κ1) is 11.5. The highest BCUT2D eigenvalue weighted by molar-refractivity contribution is 6.37. The maximum atomic E-state index is 12.4. The van der Waals surface area contributed by atoms with E-state index in [4.69, 9.17) is 0 Å². The molecule has 0 aliphatic heterocycles. The van der Waals surface area contributed by atoms with Crippen LogP contribution in [0.2, 0.25) is 0 Å². The number of hydrogen-bond donors (Lipinski definition) is 1. The monoisotopic (exact) mass is 253 g/mol. The molecule has 0 aromatic carbocycles. The number of allylic oxidation sites excluding steroid dienone is 2. The standard InChI is InChI=1S/C14H11N3O2/c1-7-5-9(8(2)17-7)10-6-11(18)12-13(14(10)19)16-4-3-15-12/h3-6,17H,1-2H3. The van der Waals surface area contributed by atoms with Crippen molar-refractivity contribution < 1.29 is 9.59 Å². The molecule has 19 heavy (non-hydrogen) atoms. The molecular weight excluding hydrogens is 242 g/mol. The Balaban J connectivity index is 2.18. The van der Waals surface area contributed by atoms with E-state index in [1.165, 1.54) is 18.5 Å². The van der Waals surface area contributed by atoms with Crippen LogP contribution in [0.5, 0.6) is 0 Å². The highest BCUT2D eigenvalue weighted by atomic mass is 16.1. The van der Waals surface area contributed by atoms with Gasteiger partial charge in [-0.15, -0.1) is 0 Å². The van der Waals surface area contributed by atoms with Crippen LogP contribution < -0.4 is 0 Å². The second kappa shape index (κ2) is 3.98. The van der Waals surface area contributed by atoms with Gasteiger partial charge in [-0.2, -0.15) is 0 Å². The maximum Gasteiger partial charge on any atom is 0.214 e. The summed E-state index contributed by atoms with van der Waals surface area (Å²) in [6, 6.07) is 1.85. The fourth-order valence-corrected chi connectivity index (χ4v) is 2.28. The number of carbonyl (C=O) groups excluding carboxylic acids is 2. The Morgan fingerprint density at radius 3 is 2.37 bits per heavy atom. The Morgan fingerprint density at radius 1 is 1.05 bits per heavy atom. The largest absolute Gasteiger partial charge is 0.362 e. The number of H-pyrrole nitrogens is 1. The van der Waals surface area contributed by atoms with Crippen molar-refractivity contribution in [1.29, 1.82) is 0 Å². The molecule has 5 nitrogen and oxygen atoms in total. The van der Waals surface area contributed by atoms with Gasteiger partial charge < -0.3 is 4.98 Å². The Morgan fingerprint density at radius 2 is 1.74 bits per heavy atom. The third kappa shape index (κ3) is 1.71. The van der Waals surface area contributed by atoms with E-state index in [0.717, 1.165) is 17.0 Å². The molecule has 2 aromatic heterocycles. The van der Waals surface area contributed by atoms with Gasteiger partial charge >= 0.3 is 0 Å². The fraction of sp³-hybridized carbons (Fsp3) is 0.143. The summed E-state index contributed by atoms with van der Waals surface area (Å²) < 4.78 is 0. The number of aromatic amines is 1. The third-order valence-corrected chi connectivity index (χ3v) is 3.11. The Labute approximate surface area is 109 Å². The average Bonchev–Trinajstić information content (AvgIpc) is 2.73. The average molecular weight is 253 g/mol. The maximum absolute atomic E-state index is 12.4. The van der Waals surface area contributed by atoms with Crippen LogP contribution in [-0.2, 0) is 0 Å². The zero-order valence-corrected chi connectivity index (χ0v) is 10.5. The molecule has 0 atom stereocenters. The minimum Gasteiger partial charge on any atom is -0.362 e. The molecule has 5 heteroatoms. The van der Waals surface area contributed by atoms with E-state index >= 15 is 0 Å². The molecule has 1 aliphatic rings. The number of nitrogens with zero attached hydrogens (tertiary/aromatic N) is 2. The minimum atomic E-state index is -0.282. The van der Waals surface area contributed by atoms with Crippen LogP contribution >= 0.6 is 0 Å². The van der Waals surface area contributed by atoms with E-state index in [1.54, 1.807) is 0 Å². The van der Waals surface area contributed by atoms with Crippen molar-refractivity contribution >= 4 is 17.1 Å². The van der Waals surface area contributed by atoms with Gasteiger partial charge in [-0.1, -0.05) is 0 Å². The topological polar surface area (TPSA) is 75.7 Å². The molecule has 0 amide bonds. The van der Waals surface area contributed by atoms with Gasteiger partial charge in [0.25, 0.3) is 0 Å². The number of hydrogen-bond acceptors (Lipinski definition) is 4. The summed E-state index contributed by atoms with van der Waals surface area (Å²) in [5.41, 5.74) is 3.17. The fourth-order valence-electron chi connectivity index (χ4n) is 2.28. The summed E-state index contributed by atoms with van der Waals surface area (Å²) in [7, 11) is 0. The van der Waals surface area contributed by atoms with Crippen molar-refractivity contribution in [2.24, 2.45) is 0 Å². The summed E-state index contributed by atoms with van der Waals surface area (Å²) in [4.78, 5) is 35.4. The molecule has 0 bridgehead atoms. The molecule has 0 saturated carbocycles. The van der Waals surface area contributed by atoms with E-state index in [0.29, 0.717) is 5.57 Å². The number of fused-ring (bicyclic) bond motifs is 1. The van der Waals surface area contributed by atoms with Crippen LogP contribution in [0.3, 0.4) is 0 Å². The lowest BCUT2D eigenvalue weighted by atomic mass is 9.92. The van der Waals surface area contributed by atoms with Crippen LogP contribution in [0, 0.1) is 13.8 Å². The first-order chi connectivity index (χ1) is 9.08.